The lowest BCUT2D eigenvalue weighted by Crippen LogP contribution is -2.59. The zero-order valence-corrected chi connectivity index (χ0v) is 20.0. The summed E-state index contributed by atoms with van der Waals surface area (Å²) in [4.78, 5) is 20.8. The number of carbonyl (C=O) groups is 1. The molecule has 0 unspecified atom stereocenters. The van der Waals surface area contributed by atoms with Crippen LogP contribution >= 0.6 is 0 Å². The van der Waals surface area contributed by atoms with Gasteiger partial charge in [-0.25, -0.2) is 22.9 Å². The molecule has 2 atom stereocenters. The Morgan fingerprint density at radius 1 is 1.15 bits per heavy atom. The SMILES string of the molecule is COC(=O)N1CCC[C@H](NS(C)(=O)=O)[C@@H]1COC1CCN(c2nccc3ccccc23)CC1. The summed E-state index contributed by atoms with van der Waals surface area (Å²) in [5.74, 6) is 0.994. The highest BCUT2D eigenvalue weighted by Gasteiger charge is 2.37. The van der Waals surface area contributed by atoms with Crippen LogP contribution in [-0.4, -0.2) is 82.2 Å². The van der Waals surface area contributed by atoms with E-state index in [0.717, 1.165) is 43.4 Å². The molecule has 33 heavy (non-hydrogen) atoms. The Balaban J connectivity index is 1.39. The third-order valence-electron chi connectivity index (χ3n) is 6.45. The van der Waals surface area contributed by atoms with Crippen molar-refractivity contribution >= 4 is 32.7 Å². The number of benzene rings is 1. The number of fused-ring (bicyclic) bond motifs is 1. The fourth-order valence-electron chi connectivity index (χ4n) is 4.84. The van der Waals surface area contributed by atoms with Crippen molar-refractivity contribution in [3.63, 3.8) is 0 Å². The fraction of sp³-hybridized carbons (Fsp3) is 0.565. The van der Waals surface area contributed by atoms with Gasteiger partial charge in [0.25, 0.3) is 0 Å². The molecule has 9 nitrogen and oxygen atoms in total. The van der Waals surface area contributed by atoms with Crippen LogP contribution in [0.15, 0.2) is 36.5 Å². The second-order valence-electron chi connectivity index (χ2n) is 8.74. The van der Waals surface area contributed by atoms with E-state index in [1.165, 1.54) is 12.5 Å². The molecule has 10 heteroatoms. The lowest BCUT2D eigenvalue weighted by atomic mass is 9.97. The van der Waals surface area contributed by atoms with Gasteiger partial charge in [0.05, 0.1) is 32.1 Å². The van der Waals surface area contributed by atoms with E-state index >= 15 is 0 Å². The van der Waals surface area contributed by atoms with E-state index < -0.39 is 28.2 Å². The van der Waals surface area contributed by atoms with Crippen LogP contribution in [0.3, 0.4) is 0 Å². The van der Waals surface area contributed by atoms with E-state index in [0.29, 0.717) is 19.4 Å². The topological polar surface area (TPSA) is 101 Å². The maximum absolute atomic E-state index is 12.3. The molecule has 2 aliphatic rings. The first kappa shape index (κ1) is 23.7. The second-order valence-corrected chi connectivity index (χ2v) is 10.5. The van der Waals surface area contributed by atoms with Crippen LogP contribution in [0.2, 0.25) is 0 Å². The molecule has 1 N–H and O–H groups in total. The van der Waals surface area contributed by atoms with Gasteiger partial charge in [0, 0.05) is 37.3 Å². The highest BCUT2D eigenvalue weighted by Crippen LogP contribution is 2.28. The Hall–Kier alpha value is -2.43. The summed E-state index contributed by atoms with van der Waals surface area (Å²) in [5, 5.41) is 2.32. The lowest BCUT2D eigenvalue weighted by molar-refractivity contribution is -0.0180. The number of sulfonamides is 1. The van der Waals surface area contributed by atoms with Crippen molar-refractivity contribution < 1.29 is 22.7 Å². The van der Waals surface area contributed by atoms with Crippen molar-refractivity contribution in [1.82, 2.24) is 14.6 Å². The first-order chi connectivity index (χ1) is 15.9. The molecule has 0 bridgehead atoms. The van der Waals surface area contributed by atoms with Crippen molar-refractivity contribution in [2.24, 2.45) is 0 Å². The van der Waals surface area contributed by atoms with Gasteiger partial charge < -0.3 is 19.3 Å². The molecule has 1 aromatic heterocycles. The van der Waals surface area contributed by atoms with Crippen LogP contribution in [-0.2, 0) is 19.5 Å². The monoisotopic (exact) mass is 476 g/mol. The van der Waals surface area contributed by atoms with Crippen LogP contribution in [0.4, 0.5) is 10.6 Å². The number of ether oxygens (including phenoxy) is 2. The third-order valence-corrected chi connectivity index (χ3v) is 7.18. The molecule has 2 aliphatic heterocycles. The van der Waals surface area contributed by atoms with E-state index in [1.807, 2.05) is 24.4 Å². The Morgan fingerprint density at radius 2 is 1.91 bits per heavy atom. The highest BCUT2D eigenvalue weighted by atomic mass is 32.2. The van der Waals surface area contributed by atoms with Crippen molar-refractivity contribution in [3.8, 4) is 0 Å². The molecule has 2 fully saturated rings. The number of carbonyl (C=O) groups excluding carboxylic acids is 1. The number of nitrogens with one attached hydrogen (secondary N) is 1. The van der Waals surface area contributed by atoms with Crippen molar-refractivity contribution in [1.29, 1.82) is 0 Å². The van der Waals surface area contributed by atoms with Gasteiger partial charge in [-0.3, -0.25) is 0 Å². The molecule has 3 heterocycles. The van der Waals surface area contributed by atoms with E-state index in [2.05, 4.69) is 26.7 Å². The zero-order chi connectivity index (χ0) is 23.4. The first-order valence-electron chi connectivity index (χ1n) is 11.4. The number of amides is 1. The van der Waals surface area contributed by atoms with E-state index in [4.69, 9.17) is 9.47 Å². The molecule has 2 saturated heterocycles. The number of methoxy groups -OCH3 is 1. The van der Waals surface area contributed by atoms with Gasteiger partial charge in [-0.15, -0.1) is 0 Å². The van der Waals surface area contributed by atoms with Crippen molar-refractivity contribution in [2.45, 2.75) is 43.9 Å². The number of likely N-dealkylation sites (tertiary alicyclic amines) is 1. The number of anilines is 1. The van der Waals surface area contributed by atoms with Crippen molar-refractivity contribution in [3.05, 3.63) is 36.5 Å². The van der Waals surface area contributed by atoms with Crippen LogP contribution < -0.4 is 9.62 Å². The minimum absolute atomic E-state index is 0.0385. The van der Waals surface area contributed by atoms with Crippen LogP contribution in [0.25, 0.3) is 10.8 Å². The minimum Gasteiger partial charge on any atom is -0.453 e. The molecular formula is C23H32N4O5S. The minimum atomic E-state index is -3.41. The Bertz CT molecular complexity index is 1070. The number of hydrogen-bond donors (Lipinski definition) is 1. The summed E-state index contributed by atoms with van der Waals surface area (Å²) in [7, 11) is -2.07. The fourth-order valence-corrected chi connectivity index (χ4v) is 5.67. The number of hydrogen-bond acceptors (Lipinski definition) is 7. The van der Waals surface area contributed by atoms with Gasteiger partial charge in [0.2, 0.25) is 10.0 Å². The van der Waals surface area contributed by atoms with Crippen LogP contribution in [0.5, 0.6) is 0 Å². The van der Waals surface area contributed by atoms with E-state index in [1.54, 1.807) is 4.90 Å². The molecule has 2 aromatic rings. The Morgan fingerprint density at radius 3 is 2.64 bits per heavy atom. The number of rotatable bonds is 6. The predicted molar refractivity (Wildman–Crippen MR) is 127 cm³/mol. The molecule has 0 radical (unpaired) electrons. The molecule has 4 rings (SSSR count). The number of piperidine rings is 2. The summed E-state index contributed by atoms with van der Waals surface area (Å²) < 4.78 is 37.6. The van der Waals surface area contributed by atoms with Crippen LogP contribution in [0.1, 0.15) is 25.7 Å². The molecule has 1 amide bonds. The van der Waals surface area contributed by atoms with E-state index in [-0.39, 0.29) is 12.7 Å². The number of nitrogens with zero attached hydrogens (tertiary/aromatic N) is 3. The molecular weight excluding hydrogens is 444 g/mol. The smallest absolute Gasteiger partial charge is 0.409 e. The predicted octanol–water partition coefficient (Wildman–Crippen LogP) is 2.37. The third kappa shape index (κ3) is 5.74. The van der Waals surface area contributed by atoms with Gasteiger partial charge in [-0.2, -0.15) is 0 Å². The van der Waals surface area contributed by atoms with Crippen LogP contribution in [0, 0.1) is 0 Å². The largest absolute Gasteiger partial charge is 0.453 e. The summed E-state index contributed by atoms with van der Waals surface area (Å²) in [6.45, 7) is 2.43. The first-order valence-corrected chi connectivity index (χ1v) is 13.3. The number of pyridine rings is 1. The summed E-state index contributed by atoms with van der Waals surface area (Å²) >= 11 is 0. The van der Waals surface area contributed by atoms with Gasteiger partial charge >= 0.3 is 6.09 Å². The Labute approximate surface area is 195 Å². The average Bonchev–Trinajstić information content (AvgIpc) is 2.81. The maximum atomic E-state index is 12.3. The molecule has 1 aromatic carbocycles. The van der Waals surface area contributed by atoms with Gasteiger partial charge in [-0.1, -0.05) is 24.3 Å². The van der Waals surface area contributed by atoms with Gasteiger partial charge in [-0.05, 0) is 37.1 Å². The molecule has 0 aliphatic carbocycles. The zero-order valence-electron chi connectivity index (χ0n) is 19.1. The Kier molecular flexibility index (Phi) is 7.35. The highest BCUT2D eigenvalue weighted by molar-refractivity contribution is 7.88. The molecule has 180 valence electrons. The lowest BCUT2D eigenvalue weighted by Gasteiger charge is -2.41. The van der Waals surface area contributed by atoms with Gasteiger partial charge in [0.1, 0.15) is 5.82 Å². The molecule has 0 saturated carbocycles. The second kappa shape index (κ2) is 10.2. The van der Waals surface area contributed by atoms with Crippen molar-refractivity contribution in [2.75, 3.05) is 44.5 Å². The normalized spacial score (nSPS) is 22.5. The summed E-state index contributed by atoms with van der Waals surface area (Å²) in [6, 6.07) is 9.47. The molecule has 0 spiro atoms. The summed E-state index contributed by atoms with van der Waals surface area (Å²) in [6.07, 6.45) is 5.59. The standard InChI is InChI=1S/C23H32N4O5S/c1-31-23(28)27-13-5-8-20(25-33(2,29)30)21(27)16-32-18-10-14-26(15-11-18)22-19-7-4-3-6-17(19)9-12-24-22/h3-4,6-7,9,12,18,20-21,25H,5,8,10-11,13-16H2,1-2H3/t20-,21-/m0/s1. The van der Waals surface area contributed by atoms with E-state index in [9.17, 15) is 13.2 Å². The van der Waals surface area contributed by atoms with Gasteiger partial charge in [0.15, 0.2) is 0 Å². The quantitative estimate of drug-likeness (QED) is 0.683. The maximum Gasteiger partial charge on any atom is 0.409 e. The summed E-state index contributed by atoms with van der Waals surface area (Å²) in [5.41, 5.74) is 0. The number of aromatic nitrogens is 1. The average molecular weight is 477 g/mol.